The number of nitrogens with one attached hydrogen (secondary N) is 1. The van der Waals surface area contributed by atoms with Crippen LogP contribution in [-0.2, 0) is 16.1 Å². The summed E-state index contributed by atoms with van der Waals surface area (Å²) in [5.74, 6) is -0.119. The first-order valence-electron chi connectivity index (χ1n) is 7.99. The first-order chi connectivity index (χ1) is 12.1. The Kier molecular flexibility index (Phi) is 7.29. The first-order valence-corrected chi connectivity index (χ1v) is 8.37. The molecule has 0 saturated heterocycles. The standard InChI is InChI=1S/C19H20ClNO4/c1-2-11-21-18(22)13-25-19(23)15-5-3-14(4-6-15)12-24-17-9-7-16(20)8-10-17/h3-10H,2,11-13H2,1H3,(H,21,22). The Morgan fingerprint density at radius 1 is 1.04 bits per heavy atom. The SMILES string of the molecule is CCCNC(=O)COC(=O)c1ccc(COc2ccc(Cl)cc2)cc1. The lowest BCUT2D eigenvalue weighted by atomic mass is 10.1. The average molecular weight is 362 g/mol. The molecule has 132 valence electrons. The molecule has 0 atom stereocenters. The van der Waals surface area contributed by atoms with Gasteiger partial charge in [0.15, 0.2) is 6.61 Å². The third kappa shape index (κ3) is 6.47. The molecule has 0 aromatic heterocycles. The maximum Gasteiger partial charge on any atom is 0.338 e. The van der Waals surface area contributed by atoms with E-state index in [1.54, 1.807) is 48.5 Å². The van der Waals surface area contributed by atoms with Gasteiger partial charge < -0.3 is 14.8 Å². The van der Waals surface area contributed by atoms with Gasteiger partial charge in [0, 0.05) is 11.6 Å². The van der Waals surface area contributed by atoms with E-state index in [9.17, 15) is 9.59 Å². The van der Waals surface area contributed by atoms with Crippen LogP contribution in [0.3, 0.4) is 0 Å². The third-order valence-corrected chi connectivity index (χ3v) is 3.57. The minimum absolute atomic E-state index is 0.278. The van der Waals surface area contributed by atoms with Crippen molar-refractivity contribution in [2.45, 2.75) is 20.0 Å². The van der Waals surface area contributed by atoms with Gasteiger partial charge in [0.1, 0.15) is 12.4 Å². The van der Waals surface area contributed by atoms with Crippen molar-refractivity contribution < 1.29 is 19.1 Å². The van der Waals surface area contributed by atoms with Gasteiger partial charge in [-0.05, 0) is 48.4 Å². The van der Waals surface area contributed by atoms with E-state index >= 15 is 0 Å². The second kappa shape index (κ2) is 9.69. The summed E-state index contributed by atoms with van der Waals surface area (Å²) in [7, 11) is 0. The number of rotatable bonds is 8. The van der Waals surface area contributed by atoms with Gasteiger partial charge in [-0.3, -0.25) is 4.79 Å². The molecule has 2 aromatic carbocycles. The lowest BCUT2D eigenvalue weighted by Crippen LogP contribution is -2.29. The number of esters is 1. The predicted octanol–water partition coefficient (Wildman–Crippen LogP) is 3.60. The Bertz CT molecular complexity index is 698. The molecular weight excluding hydrogens is 342 g/mol. The quantitative estimate of drug-likeness (QED) is 0.729. The summed E-state index contributed by atoms with van der Waals surface area (Å²) < 4.78 is 10.6. The van der Waals surface area contributed by atoms with Crippen LogP contribution in [0.1, 0.15) is 29.3 Å². The third-order valence-electron chi connectivity index (χ3n) is 3.32. The molecule has 0 unspecified atom stereocenters. The van der Waals surface area contributed by atoms with Crippen LogP contribution in [0.5, 0.6) is 5.75 Å². The normalized spacial score (nSPS) is 10.2. The Morgan fingerprint density at radius 3 is 2.36 bits per heavy atom. The highest BCUT2D eigenvalue weighted by Crippen LogP contribution is 2.17. The lowest BCUT2D eigenvalue weighted by Gasteiger charge is -2.08. The second-order valence-electron chi connectivity index (χ2n) is 5.37. The van der Waals surface area contributed by atoms with Gasteiger partial charge >= 0.3 is 5.97 Å². The van der Waals surface area contributed by atoms with E-state index in [1.165, 1.54) is 0 Å². The molecule has 5 nitrogen and oxygen atoms in total. The Hall–Kier alpha value is -2.53. The molecule has 0 aliphatic rings. The van der Waals surface area contributed by atoms with Crippen molar-refractivity contribution in [3.63, 3.8) is 0 Å². The predicted molar refractivity (Wildman–Crippen MR) is 95.8 cm³/mol. The summed E-state index contributed by atoms with van der Waals surface area (Å²) in [4.78, 5) is 23.3. The van der Waals surface area contributed by atoms with Crippen LogP contribution in [0.2, 0.25) is 5.02 Å². The van der Waals surface area contributed by atoms with Crippen LogP contribution in [0.4, 0.5) is 0 Å². The maximum absolute atomic E-state index is 11.9. The zero-order chi connectivity index (χ0) is 18.1. The van der Waals surface area contributed by atoms with Gasteiger partial charge in [-0.2, -0.15) is 0 Å². The number of ether oxygens (including phenoxy) is 2. The van der Waals surface area contributed by atoms with E-state index in [0.717, 1.165) is 12.0 Å². The van der Waals surface area contributed by atoms with Gasteiger partial charge in [-0.15, -0.1) is 0 Å². The van der Waals surface area contributed by atoms with Crippen LogP contribution in [0.15, 0.2) is 48.5 Å². The first kappa shape index (κ1) is 18.8. The van der Waals surface area contributed by atoms with Gasteiger partial charge in [-0.1, -0.05) is 30.7 Å². The molecule has 2 aromatic rings. The fourth-order valence-electron chi connectivity index (χ4n) is 1.96. The minimum Gasteiger partial charge on any atom is -0.489 e. The topological polar surface area (TPSA) is 64.6 Å². The summed E-state index contributed by atoms with van der Waals surface area (Å²) in [5, 5.41) is 3.29. The highest BCUT2D eigenvalue weighted by Gasteiger charge is 2.10. The molecule has 25 heavy (non-hydrogen) atoms. The van der Waals surface area contributed by atoms with E-state index in [1.807, 2.05) is 6.92 Å². The largest absolute Gasteiger partial charge is 0.489 e. The summed E-state index contributed by atoms with van der Waals surface area (Å²) in [5.41, 5.74) is 1.30. The monoisotopic (exact) mass is 361 g/mol. The molecule has 0 heterocycles. The highest BCUT2D eigenvalue weighted by atomic mass is 35.5. The molecule has 6 heteroatoms. The number of hydrogen-bond acceptors (Lipinski definition) is 4. The van der Waals surface area contributed by atoms with Crippen LogP contribution in [-0.4, -0.2) is 25.0 Å². The molecule has 0 aliphatic heterocycles. The minimum atomic E-state index is -0.531. The van der Waals surface area contributed by atoms with Crippen molar-refractivity contribution in [3.8, 4) is 5.75 Å². The maximum atomic E-state index is 11.9. The molecule has 2 rings (SSSR count). The van der Waals surface area contributed by atoms with Crippen molar-refractivity contribution in [1.82, 2.24) is 5.32 Å². The molecule has 0 spiro atoms. The van der Waals surface area contributed by atoms with Gasteiger partial charge in [0.2, 0.25) is 0 Å². The molecule has 0 bridgehead atoms. The molecular formula is C19H20ClNO4. The summed E-state index contributed by atoms with van der Waals surface area (Å²) >= 11 is 5.82. The van der Waals surface area contributed by atoms with Crippen molar-refractivity contribution in [1.29, 1.82) is 0 Å². The molecule has 0 radical (unpaired) electrons. The molecule has 0 fully saturated rings. The van der Waals surface area contributed by atoms with Gasteiger partial charge in [-0.25, -0.2) is 4.79 Å². The van der Waals surface area contributed by atoms with E-state index in [2.05, 4.69) is 5.32 Å². The fraction of sp³-hybridized carbons (Fsp3) is 0.263. The zero-order valence-corrected chi connectivity index (χ0v) is 14.7. The van der Waals surface area contributed by atoms with Crippen molar-refractivity contribution in [3.05, 3.63) is 64.7 Å². The van der Waals surface area contributed by atoms with Crippen LogP contribution in [0, 0.1) is 0 Å². The lowest BCUT2D eigenvalue weighted by molar-refractivity contribution is -0.124. The zero-order valence-electron chi connectivity index (χ0n) is 14.0. The van der Waals surface area contributed by atoms with Crippen molar-refractivity contribution >= 4 is 23.5 Å². The van der Waals surface area contributed by atoms with Crippen LogP contribution < -0.4 is 10.1 Å². The fourth-order valence-corrected chi connectivity index (χ4v) is 2.09. The van der Waals surface area contributed by atoms with Crippen LogP contribution >= 0.6 is 11.6 Å². The summed E-state index contributed by atoms with van der Waals surface area (Å²) in [6, 6.07) is 13.9. The number of amides is 1. The Morgan fingerprint density at radius 2 is 1.72 bits per heavy atom. The number of carbonyl (C=O) groups excluding carboxylic acids is 2. The number of carbonyl (C=O) groups is 2. The van der Waals surface area contributed by atoms with Crippen LogP contribution in [0.25, 0.3) is 0 Å². The van der Waals surface area contributed by atoms with Crippen molar-refractivity contribution in [2.24, 2.45) is 0 Å². The van der Waals surface area contributed by atoms with E-state index in [-0.39, 0.29) is 12.5 Å². The van der Waals surface area contributed by atoms with Gasteiger partial charge in [0.25, 0.3) is 5.91 Å². The van der Waals surface area contributed by atoms with E-state index < -0.39 is 5.97 Å². The average Bonchev–Trinajstić information content (AvgIpc) is 2.64. The van der Waals surface area contributed by atoms with Gasteiger partial charge in [0.05, 0.1) is 5.56 Å². The highest BCUT2D eigenvalue weighted by molar-refractivity contribution is 6.30. The smallest absolute Gasteiger partial charge is 0.338 e. The van der Waals surface area contributed by atoms with Crippen molar-refractivity contribution in [2.75, 3.05) is 13.2 Å². The van der Waals surface area contributed by atoms with E-state index in [0.29, 0.717) is 29.5 Å². The summed E-state index contributed by atoms with van der Waals surface area (Å²) in [6.07, 6.45) is 0.833. The molecule has 1 amide bonds. The molecule has 0 saturated carbocycles. The van der Waals surface area contributed by atoms with E-state index in [4.69, 9.17) is 21.1 Å². The Balaban J connectivity index is 1.81. The number of halogens is 1. The number of hydrogen-bond donors (Lipinski definition) is 1. The number of benzene rings is 2. The molecule has 1 N–H and O–H groups in total. The molecule has 0 aliphatic carbocycles. The Labute approximate surface area is 151 Å². The summed E-state index contributed by atoms with van der Waals surface area (Å²) in [6.45, 7) is 2.61. The second-order valence-corrected chi connectivity index (χ2v) is 5.80.